The first-order valence-electron chi connectivity index (χ1n) is 7.18. The van der Waals surface area contributed by atoms with Gasteiger partial charge in [-0.15, -0.1) is 0 Å². The average molecular weight is 331 g/mol. The van der Waals surface area contributed by atoms with Crippen LogP contribution in [0.5, 0.6) is 0 Å². The lowest BCUT2D eigenvalue weighted by molar-refractivity contribution is 0.111. The van der Waals surface area contributed by atoms with Crippen LogP contribution in [0.3, 0.4) is 0 Å². The van der Waals surface area contributed by atoms with E-state index in [2.05, 4.69) is 4.74 Å². The van der Waals surface area contributed by atoms with E-state index in [9.17, 15) is 9.18 Å². The Hall–Kier alpha value is -2.11. The van der Waals surface area contributed by atoms with Crippen LogP contribution in [0.2, 0.25) is 0 Å². The SMILES string of the molecule is CCOC.O=Cc1cc2cc(F)ccc2n1Sc1ccccc1. The lowest BCUT2D eigenvalue weighted by atomic mass is 10.2. The van der Waals surface area contributed by atoms with Crippen molar-refractivity contribution < 1.29 is 13.9 Å². The second-order valence-electron chi connectivity index (χ2n) is 4.67. The van der Waals surface area contributed by atoms with Crippen LogP contribution in [0.1, 0.15) is 17.4 Å². The summed E-state index contributed by atoms with van der Waals surface area (Å²) in [5, 5.41) is 0.727. The van der Waals surface area contributed by atoms with Crippen LogP contribution in [0.4, 0.5) is 4.39 Å². The number of fused-ring (bicyclic) bond motifs is 1. The summed E-state index contributed by atoms with van der Waals surface area (Å²) in [6.07, 6.45) is 0.786. The van der Waals surface area contributed by atoms with Crippen molar-refractivity contribution in [1.82, 2.24) is 3.97 Å². The van der Waals surface area contributed by atoms with Crippen LogP contribution in [0.25, 0.3) is 10.9 Å². The number of benzene rings is 2. The molecule has 3 rings (SSSR count). The molecule has 0 amide bonds. The second-order valence-corrected chi connectivity index (χ2v) is 5.69. The molecule has 3 nitrogen and oxygen atoms in total. The molecule has 1 aromatic heterocycles. The fourth-order valence-corrected chi connectivity index (χ4v) is 2.91. The maximum atomic E-state index is 13.2. The molecule has 3 aromatic rings. The maximum absolute atomic E-state index is 13.2. The highest BCUT2D eigenvalue weighted by Crippen LogP contribution is 2.29. The zero-order valence-electron chi connectivity index (χ0n) is 13.0. The van der Waals surface area contributed by atoms with Crippen LogP contribution >= 0.6 is 11.9 Å². The molecule has 120 valence electrons. The normalized spacial score (nSPS) is 10.2. The molecule has 0 N–H and O–H groups in total. The first kappa shape index (κ1) is 17.2. The third-order valence-corrected chi connectivity index (χ3v) is 4.17. The highest BCUT2D eigenvalue weighted by molar-refractivity contribution is 7.98. The number of aromatic nitrogens is 1. The third-order valence-electron chi connectivity index (χ3n) is 3.10. The van der Waals surface area contributed by atoms with E-state index in [-0.39, 0.29) is 5.82 Å². The lowest BCUT2D eigenvalue weighted by Crippen LogP contribution is -1.92. The molecule has 0 aliphatic carbocycles. The lowest BCUT2D eigenvalue weighted by Gasteiger charge is -2.06. The highest BCUT2D eigenvalue weighted by atomic mass is 32.2. The zero-order chi connectivity index (χ0) is 16.7. The van der Waals surface area contributed by atoms with E-state index in [1.54, 1.807) is 19.2 Å². The van der Waals surface area contributed by atoms with Gasteiger partial charge >= 0.3 is 0 Å². The summed E-state index contributed by atoms with van der Waals surface area (Å²) in [5.41, 5.74) is 1.35. The fraction of sp³-hybridized carbons (Fsp3) is 0.167. The van der Waals surface area contributed by atoms with Gasteiger partial charge in [0.15, 0.2) is 6.29 Å². The monoisotopic (exact) mass is 331 g/mol. The van der Waals surface area contributed by atoms with Gasteiger partial charge in [-0.1, -0.05) is 18.2 Å². The number of carbonyl (C=O) groups excluding carboxylic acids is 1. The minimum absolute atomic E-state index is 0.299. The fourth-order valence-electron chi connectivity index (χ4n) is 1.95. The van der Waals surface area contributed by atoms with E-state index in [4.69, 9.17) is 0 Å². The number of hydrogen-bond donors (Lipinski definition) is 0. The number of halogens is 1. The van der Waals surface area contributed by atoms with Crippen molar-refractivity contribution in [2.24, 2.45) is 0 Å². The van der Waals surface area contributed by atoms with Crippen molar-refractivity contribution >= 4 is 29.1 Å². The first-order valence-corrected chi connectivity index (χ1v) is 7.95. The van der Waals surface area contributed by atoms with Gasteiger partial charge in [0, 0.05) is 24.0 Å². The maximum Gasteiger partial charge on any atom is 0.167 e. The molecule has 1 heterocycles. The van der Waals surface area contributed by atoms with Crippen molar-refractivity contribution in [2.45, 2.75) is 11.8 Å². The van der Waals surface area contributed by atoms with E-state index in [1.807, 2.05) is 41.2 Å². The van der Waals surface area contributed by atoms with Gasteiger partial charge in [-0.2, -0.15) is 0 Å². The van der Waals surface area contributed by atoms with Crippen LogP contribution in [0.15, 0.2) is 59.5 Å². The molecule has 0 aliphatic heterocycles. The van der Waals surface area contributed by atoms with Crippen molar-refractivity contribution in [3.05, 3.63) is 66.1 Å². The Kier molecular flexibility index (Phi) is 6.38. The molecular formula is C18H18FNO2S. The standard InChI is InChI=1S/C15H10FNOS.C3H8O/c16-12-6-7-15-11(8-12)9-13(10-18)17(15)19-14-4-2-1-3-5-14;1-3-4-2/h1-10H;3H2,1-2H3. The smallest absolute Gasteiger partial charge is 0.167 e. The molecule has 0 fully saturated rings. The Morgan fingerprint density at radius 1 is 1.17 bits per heavy atom. The van der Waals surface area contributed by atoms with Gasteiger partial charge in [0.25, 0.3) is 0 Å². The summed E-state index contributed by atoms with van der Waals surface area (Å²) in [4.78, 5) is 12.2. The van der Waals surface area contributed by atoms with Gasteiger partial charge in [-0.3, -0.25) is 8.77 Å². The van der Waals surface area contributed by atoms with Gasteiger partial charge in [-0.25, -0.2) is 4.39 Å². The minimum atomic E-state index is -0.299. The summed E-state index contributed by atoms with van der Waals surface area (Å²) in [5.74, 6) is -0.299. The Morgan fingerprint density at radius 3 is 2.48 bits per heavy atom. The van der Waals surface area contributed by atoms with Gasteiger partial charge in [0.2, 0.25) is 0 Å². The number of rotatable bonds is 4. The number of methoxy groups -OCH3 is 1. The molecule has 23 heavy (non-hydrogen) atoms. The van der Waals surface area contributed by atoms with Crippen molar-refractivity contribution in [3.8, 4) is 0 Å². The summed E-state index contributed by atoms with van der Waals surface area (Å²) in [6.45, 7) is 2.78. The topological polar surface area (TPSA) is 31.2 Å². The van der Waals surface area contributed by atoms with E-state index in [1.165, 1.54) is 24.1 Å². The Labute approximate surface area is 139 Å². The van der Waals surface area contributed by atoms with Gasteiger partial charge < -0.3 is 4.74 Å². The predicted octanol–water partition coefficient (Wildman–Crippen LogP) is 4.80. The van der Waals surface area contributed by atoms with Crippen LogP contribution in [-0.4, -0.2) is 24.0 Å². The zero-order valence-corrected chi connectivity index (χ0v) is 13.8. The van der Waals surface area contributed by atoms with E-state index < -0.39 is 0 Å². The molecule has 0 spiro atoms. The van der Waals surface area contributed by atoms with Crippen LogP contribution in [0, 0.1) is 5.82 Å². The van der Waals surface area contributed by atoms with Gasteiger partial charge in [-0.05, 0) is 55.3 Å². The summed E-state index contributed by atoms with van der Waals surface area (Å²) >= 11 is 1.44. The minimum Gasteiger partial charge on any atom is -0.385 e. The molecule has 0 radical (unpaired) electrons. The molecule has 0 bridgehead atoms. The summed E-state index contributed by atoms with van der Waals surface area (Å²) < 4.78 is 19.6. The van der Waals surface area contributed by atoms with Gasteiger partial charge in [0.1, 0.15) is 5.82 Å². The number of hydrogen-bond acceptors (Lipinski definition) is 3. The van der Waals surface area contributed by atoms with Crippen molar-refractivity contribution in [3.63, 3.8) is 0 Å². The quantitative estimate of drug-likeness (QED) is 0.643. The Balaban J connectivity index is 0.000000433. The summed E-state index contributed by atoms with van der Waals surface area (Å²) in [6, 6.07) is 16.0. The van der Waals surface area contributed by atoms with Crippen molar-refractivity contribution in [1.29, 1.82) is 0 Å². The molecule has 5 heteroatoms. The summed E-state index contributed by atoms with van der Waals surface area (Å²) in [7, 11) is 1.68. The molecule has 0 saturated heterocycles. The Morgan fingerprint density at radius 2 is 1.87 bits per heavy atom. The number of nitrogens with zero attached hydrogens (tertiary/aromatic N) is 1. The van der Waals surface area contributed by atoms with Crippen molar-refractivity contribution in [2.75, 3.05) is 13.7 Å². The number of ether oxygens (including phenoxy) is 1. The molecule has 0 saturated carbocycles. The second kappa shape index (κ2) is 8.50. The van der Waals surface area contributed by atoms with E-state index in [0.717, 1.165) is 28.7 Å². The number of aldehydes is 1. The highest BCUT2D eigenvalue weighted by Gasteiger charge is 2.10. The van der Waals surface area contributed by atoms with Crippen LogP contribution in [-0.2, 0) is 4.74 Å². The predicted molar refractivity (Wildman–Crippen MR) is 92.5 cm³/mol. The van der Waals surface area contributed by atoms with Crippen LogP contribution < -0.4 is 0 Å². The van der Waals surface area contributed by atoms with Gasteiger partial charge in [0.05, 0.1) is 11.2 Å². The molecular weight excluding hydrogens is 313 g/mol. The Bertz CT molecular complexity index is 769. The average Bonchev–Trinajstić information content (AvgIpc) is 2.93. The molecule has 2 aromatic carbocycles. The third kappa shape index (κ3) is 4.43. The molecule has 0 unspecified atom stereocenters. The molecule has 0 atom stereocenters. The first-order chi connectivity index (χ1) is 11.2. The molecule has 0 aliphatic rings. The number of carbonyl (C=O) groups is 1. The van der Waals surface area contributed by atoms with E-state index >= 15 is 0 Å². The van der Waals surface area contributed by atoms with E-state index in [0.29, 0.717) is 5.69 Å². The largest absolute Gasteiger partial charge is 0.385 e.